The van der Waals surface area contributed by atoms with Crippen molar-refractivity contribution in [2.45, 2.75) is 44.7 Å². The maximum atomic E-state index is 13.0. The van der Waals surface area contributed by atoms with Gasteiger partial charge in [0, 0.05) is 0 Å². The maximum Gasteiger partial charge on any atom is 0.416 e. The van der Waals surface area contributed by atoms with Crippen molar-refractivity contribution in [1.82, 2.24) is 4.90 Å². The van der Waals surface area contributed by atoms with Gasteiger partial charge in [-0.2, -0.15) is 13.2 Å². The Hall–Kier alpha value is -1.03. The molecule has 4 heteroatoms. The second kappa shape index (κ2) is 6.61. The average Bonchev–Trinajstić information content (AvgIpc) is 2.45. The summed E-state index contributed by atoms with van der Waals surface area (Å²) in [6.45, 7) is 5.06. The van der Waals surface area contributed by atoms with Crippen molar-refractivity contribution in [1.29, 1.82) is 0 Å². The van der Waals surface area contributed by atoms with E-state index >= 15 is 0 Å². The lowest BCUT2D eigenvalue weighted by Gasteiger charge is -2.33. The molecule has 1 saturated heterocycles. The lowest BCUT2D eigenvalue weighted by atomic mass is 9.86. The first-order valence-corrected chi connectivity index (χ1v) is 7.41. The molecule has 1 aliphatic rings. The van der Waals surface area contributed by atoms with E-state index in [1.54, 1.807) is 12.1 Å². The van der Waals surface area contributed by atoms with E-state index in [9.17, 15) is 13.2 Å². The van der Waals surface area contributed by atoms with E-state index in [-0.39, 0.29) is 5.92 Å². The summed E-state index contributed by atoms with van der Waals surface area (Å²) >= 11 is 0. The fourth-order valence-corrected chi connectivity index (χ4v) is 2.96. The molecule has 1 nitrogen and oxygen atoms in total. The number of piperidine rings is 1. The van der Waals surface area contributed by atoms with Crippen LogP contribution in [0.3, 0.4) is 0 Å². The number of nitrogens with zero attached hydrogens (tertiary/aromatic N) is 1. The summed E-state index contributed by atoms with van der Waals surface area (Å²) in [5.41, 5.74) is 0.0298. The Morgan fingerprint density at radius 1 is 1.15 bits per heavy atom. The van der Waals surface area contributed by atoms with Crippen molar-refractivity contribution in [2.24, 2.45) is 0 Å². The van der Waals surface area contributed by atoms with Gasteiger partial charge >= 0.3 is 6.18 Å². The number of benzene rings is 1. The molecule has 0 N–H and O–H groups in total. The van der Waals surface area contributed by atoms with Gasteiger partial charge in [-0.3, -0.25) is 0 Å². The molecule has 0 amide bonds. The Labute approximate surface area is 118 Å². The third kappa shape index (κ3) is 3.75. The molecule has 1 aromatic carbocycles. The highest BCUT2D eigenvalue weighted by Crippen LogP contribution is 2.38. The molecule has 1 fully saturated rings. The number of hydrogen-bond acceptors (Lipinski definition) is 1. The normalized spacial score (nSPS) is 18.4. The van der Waals surface area contributed by atoms with E-state index in [0.29, 0.717) is 5.56 Å². The lowest BCUT2D eigenvalue weighted by Crippen LogP contribution is -2.34. The SMILES string of the molecule is CCCCN1CCC(c2ccccc2C(F)(F)F)CC1. The summed E-state index contributed by atoms with van der Waals surface area (Å²) in [5, 5.41) is 0. The summed E-state index contributed by atoms with van der Waals surface area (Å²) < 4.78 is 39.1. The topological polar surface area (TPSA) is 3.24 Å². The molecule has 0 aromatic heterocycles. The van der Waals surface area contributed by atoms with Crippen LogP contribution in [0, 0.1) is 0 Å². The molecule has 0 aliphatic carbocycles. The summed E-state index contributed by atoms with van der Waals surface area (Å²) in [7, 11) is 0. The number of rotatable bonds is 4. The second-order valence-electron chi connectivity index (χ2n) is 5.55. The van der Waals surface area contributed by atoms with E-state index in [2.05, 4.69) is 11.8 Å². The quantitative estimate of drug-likeness (QED) is 0.776. The van der Waals surface area contributed by atoms with Gasteiger partial charge < -0.3 is 4.90 Å². The molecule has 1 aliphatic heterocycles. The fourth-order valence-electron chi connectivity index (χ4n) is 2.96. The molecular weight excluding hydrogens is 263 g/mol. The molecule has 0 atom stereocenters. The Bertz CT molecular complexity index is 420. The van der Waals surface area contributed by atoms with Crippen LogP contribution in [0.25, 0.3) is 0 Å². The Morgan fingerprint density at radius 2 is 1.80 bits per heavy atom. The molecule has 0 unspecified atom stereocenters. The van der Waals surface area contributed by atoms with Crippen LogP contribution < -0.4 is 0 Å². The first kappa shape index (κ1) is 15.4. The van der Waals surface area contributed by atoms with E-state index < -0.39 is 11.7 Å². The van der Waals surface area contributed by atoms with E-state index in [4.69, 9.17) is 0 Å². The zero-order valence-electron chi connectivity index (χ0n) is 11.9. The Morgan fingerprint density at radius 3 is 2.40 bits per heavy atom. The highest BCUT2D eigenvalue weighted by atomic mass is 19.4. The molecule has 0 radical (unpaired) electrons. The summed E-state index contributed by atoms with van der Waals surface area (Å²) in [4.78, 5) is 2.37. The molecule has 1 heterocycles. The molecule has 2 rings (SSSR count). The van der Waals surface area contributed by atoms with Gasteiger partial charge in [0.1, 0.15) is 0 Å². The first-order valence-electron chi connectivity index (χ1n) is 7.41. The van der Waals surface area contributed by atoms with E-state index in [1.165, 1.54) is 18.6 Å². The number of alkyl halides is 3. The van der Waals surface area contributed by atoms with Crippen LogP contribution in [-0.4, -0.2) is 24.5 Å². The van der Waals surface area contributed by atoms with Crippen LogP contribution >= 0.6 is 0 Å². The van der Waals surface area contributed by atoms with Crippen LogP contribution in [0.4, 0.5) is 13.2 Å². The van der Waals surface area contributed by atoms with Crippen molar-refractivity contribution in [3.63, 3.8) is 0 Å². The van der Waals surface area contributed by atoms with Gasteiger partial charge in [-0.25, -0.2) is 0 Å². The van der Waals surface area contributed by atoms with Gasteiger partial charge in [-0.15, -0.1) is 0 Å². The minimum atomic E-state index is -4.24. The first-order chi connectivity index (χ1) is 9.52. The summed E-state index contributed by atoms with van der Waals surface area (Å²) in [6.07, 6.45) is -0.246. The van der Waals surface area contributed by atoms with Crippen molar-refractivity contribution < 1.29 is 13.2 Å². The van der Waals surface area contributed by atoms with Crippen LogP contribution in [0.5, 0.6) is 0 Å². The van der Waals surface area contributed by atoms with Crippen LogP contribution in [0.2, 0.25) is 0 Å². The summed E-state index contributed by atoms with van der Waals surface area (Å²) in [5.74, 6) is 0.0469. The second-order valence-corrected chi connectivity index (χ2v) is 5.55. The van der Waals surface area contributed by atoms with Crippen LogP contribution in [0.15, 0.2) is 24.3 Å². The highest BCUT2D eigenvalue weighted by molar-refractivity contribution is 5.33. The standard InChI is InChI=1S/C16H22F3N/c1-2-3-10-20-11-8-13(9-12-20)14-6-4-5-7-15(14)16(17,18)19/h4-7,13H,2-3,8-12H2,1H3. The largest absolute Gasteiger partial charge is 0.416 e. The molecule has 0 bridgehead atoms. The number of halogens is 3. The smallest absolute Gasteiger partial charge is 0.303 e. The minimum absolute atomic E-state index is 0.0469. The summed E-state index contributed by atoms with van der Waals surface area (Å²) in [6, 6.07) is 6.05. The molecule has 112 valence electrons. The third-order valence-corrected chi connectivity index (χ3v) is 4.12. The molecular formula is C16H22F3N. The van der Waals surface area contributed by atoms with Crippen LogP contribution in [0.1, 0.15) is 49.7 Å². The maximum absolute atomic E-state index is 13.0. The minimum Gasteiger partial charge on any atom is -0.303 e. The van der Waals surface area contributed by atoms with Gasteiger partial charge in [0.25, 0.3) is 0 Å². The average molecular weight is 285 g/mol. The highest BCUT2D eigenvalue weighted by Gasteiger charge is 2.35. The molecule has 20 heavy (non-hydrogen) atoms. The number of likely N-dealkylation sites (tertiary alicyclic amines) is 1. The van der Waals surface area contributed by atoms with Crippen LogP contribution in [-0.2, 0) is 6.18 Å². The van der Waals surface area contributed by atoms with Crippen molar-refractivity contribution in [3.8, 4) is 0 Å². The number of unbranched alkanes of at least 4 members (excludes halogenated alkanes) is 1. The van der Waals surface area contributed by atoms with E-state index in [1.807, 2.05) is 0 Å². The van der Waals surface area contributed by atoms with Gasteiger partial charge in [-0.1, -0.05) is 31.5 Å². The lowest BCUT2D eigenvalue weighted by molar-refractivity contribution is -0.138. The fraction of sp³-hybridized carbons (Fsp3) is 0.625. The van der Waals surface area contributed by atoms with Crippen molar-refractivity contribution in [3.05, 3.63) is 35.4 Å². The van der Waals surface area contributed by atoms with Crippen molar-refractivity contribution in [2.75, 3.05) is 19.6 Å². The predicted molar refractivity (Wildman–Crippen MR) is 74.8 cm³/mol. The van der Waals surface area contributed by atoms with E-state index in [0.717, 1.165) is 38.9 Å². The van der Waals surface area contributed by atoms with Gasteiger partial charge in [-0.05, 0) is 56.4 Å². The Balaban J connectivity index is 2.04. The third-order valence-electron chi connectivity index (χ3n) is 4.12. The zero-order valence-corrected chi connectivity index (χ0v) is 11.9. The monoisotopic (exact) mass is 285 g/mol. The zero-order chi connectivity index (χ0) is 14.6. The Kier molecular flexibility index (Phi) is 5.08. The van der Waals surface area contributed by atoms with Crippen molar-refractivity contribution >= 4 is 0 Å². The van der Waals surface area contributed by atoms with Gasteiger partial charge in [0.2, 0.25) is 0 Å². The molecule has 0 saturated carbocycles. The number of hydrogen-bond donors (Lipinski definition) is 0. The van der Waals surface area contributed by atoms with Gasteiger partial charge in [0.05, 0.1) is 5.56 Å². The molecule has 0 spiro atoms. The van der Waals surface area contributed by atoms with Gasteiger partial charge in [0.15, 0.2) is 0 Å². The molecule has 1 aromatic rings. The predicted octanol–water partition coefficient (Wildman–Crippen LogP) is 4.68.